The van der Waals surface area contributed by atoms with Gasteiger partial charge < -0.3 is 9.80 Å². The molecule has 3 amide bonds. The third kappa shape index (κ3) is 7.27. The van der Waals surface area contributed by atoms with E-state index in [4.69, 9.17) is 0 Å². The van der Waals surface area contributed by atoms with Crippen LogP contribution in [0.2, 0.25) is 0 Å². The van der Waals surface area contributed by atoms with Gasteiger partial charge >= 0.3 is 0 Å². The number of nitrogens with one attached hydrogen (secondary N) is 1. The highest BCUT2D eigenvalue weighted by atomic mass is 19.1. The fourth-order valence-corrected chi connectivity index (χ4v) is 6.40. The molecule has 2 aliphatic heterocycles. The van der Waals surface area contributed by atoms with E-state index in [0.717, 1.165) is 38.8 Å². The van der Waals surface area contributed by atoms with Crippen LogP contribution in [0.25, 0.3) is 0 Å². The zero-order chi connectivity index (χ0) is 28.5. The minimum Gasteiger partial charge on any atom is -0.322 e. The minimum absolute atomic E-state index is 0.0809. The third-order valence-corrected chi connectivity index (χ3v) is 8.85. The fraction of sp³-hybridized carbons (Fsp3) is 0.719. The van der Waals surface area contributed by atoms with Gasteiger partial charge in [0.2, 0.25) is 11.8 Å². The molecule has 7 heteroatoms. The lowest BCUT2D eigenvalue weighted by Crippen LogP contribution is -2.52. The summed E-state index contributed by atoms with van der Waals surface area (Å²) in [5, 5.41) is 2.32. The van der Waals surface area contributed by atoms with Crippen LogP contribution in [0.3, 0.4) is 0 Å². The predicted molar refractivity (Wildman–Crippen MR) is 152 cm³/mol. The van der Waals surface area contributed by atoms with Gasteiger partial charge in [-0.3, -0.25) is 19.7 Å². The lowest BCUT2D eigenvalue weighted by molar-refractivity contribution is -0.136. The van der Waals surface area contributed by atoms with Crippen molar-refractivity contribution >= 4 is 17.7 Å². The van der Waals surface area contributed by atoms with Crippen LogP contribution in [0.5, 0.6) is 0 Å². The molecule has 1 aromatic rings. The Balaban J connectivity index is 1.52. The number of carbonyl (C=O) groups excluding carboxylic acids is 3. The summed E-state index contributed by atoms with van der Waals surface area (Å²) in [6.45, 7) is 16.0. The lowest BCUT2D eigenvalue weighted by atomic mass is 9.78. The Hall–Kier alpha value is -2.28. The highest BCUT2D eigenvalue weighted by Gasteiger charge is 2.41. The molecule has 39 heavy (non-hydrogen) atoms. The molecule has 1 N–H and O–H groups in total. The molecule has 1 aliphatic carbocycles. The van der Waals surface area contributed by atoms with Crippen LogP contribution in [-0.4, -0.2) is 52.7 Å². The van der Waals surface area contributed by atoms with Crippen LogP contribution in [0, 0.1) is 22.6 Å². The number of hydrogen-bond acceptors (Lipinski definition) is 4. The van der Waals surface area contributed by atoms with Gasteiger partial charge in [0.05, 0.1) is 6.54 Å². The number of carbonyl (C=O) groups is 3. The van der Waals surface area contributed by atoms with Crippen LogP contribution in [0.15, 0.2) is 12.1 Å². The van der Waals surface area contributed by atoms with E-state index in [-0.39, 0.29) is 47.8 Å². The largest absolute Gasteiger partial charge is 0.322 e. The number of halogens is 1. The Morgan fingerprint density at radius 2 is 1.59 bits per heavy atom. The lowest BCUT2D eigenvalue weighted by Gasteiger charge is -2.42. The van der Waals surface area contributed by atoms with Crippen molar-refractivity contribution in [3.63, 3.8) is 0 Å². The number of amides is 3. The summed E-state index contributed by atoms with van der Waals surface area (Å²) < 4.78 is 16.0. The number of nitrogens with zero attached hydrogens (tertiary/aromatic N) is 2. The molecule has 0 bridgehead atoms. The Morgan fingerprint density at radius 3 is 2.21 bits per heavy atom. The molecule has 3 aliphatic rings. The van der Waals surface area contributed by atoms with E-state index in [1.54, 1.807) is 12.1 Å². The highest BCUT2D eigenvalue weighted by molar-refractivity contribution is 6.05. The molecule has 2 heterocycles. The third-order valence-electron chi connectivity index (χ3n) is 8.85. The zero-order valence-corrected chi connectivity index (χ0v) is 24.9. The maximum atomic E-state index is 16.0. The van der Waals surface area contributed by atoms with Crippen molar-refractivity contribution in [3.05, 3.63) is 34.6 Å². The molecular weight excluding hydrogens is 493 g/mol. The molecule has 0 radical (unpaired) electrons. The molecule has 3 atom stereocenters. The number of benzene rings is 1. The van der Waals surface area contributed by atoms with Crippen molar-refractivity contribution < 1.29 is 18.8 Å². The summed E-state index contributed by atoms with van der Waals surface area (Å²) in [4.78, 5) is 41.2. The van der Waals surface area contributed by atoms with Crippen LogP contribution in [0.4, 0.5) is 4.39 Å². The maximum Gasteiger partial charge on any atom is 0.255 e. The topological polar surface area (TPSA) is 69.7 Å². The van der Waals surface area contributed by atoms with Crippen molar-refractivity contribution in [2.24, 2.45) is 16.7 Å². The predicted octanol–water partition coefficient (Wildman–Crippen LogP) is 5.86. The van der Waals surface area contributed by atoms with Crippen molar-refractivity contribution in [1.82, 2.24) is 15.1 Å². The summed E-state index contributed by atoms with van der Waals surface area (Å²) in [6, 6.07) is 3.24. The average molecular weight is 542 g/mol. The minimum atomic E-state index is -0.729. The van der Waals surface area contributed by atoms with Crippen molar-refractivity contribution in [1.29, 1.82) is 0 Å². The second-order valence-electron chi connectivity index (χ2n) is 14.4. The first-order valence-corrected chi connectivity index (χ1v) is 14.9. The molecule has 216 valence electrons. The van der Waals surface area contributed by atoms with E-state index < -0.39 is 11.9 Å². The Bertz CT molecular complexity index is 1070. The second kappa shape index (κ2) is 11.7. The van der Waals surface area contributed by atoms with Crippen molar-refractivity contribution in [2.45, 2.75) is 118 Å². The molecule has 6 nitrogen and oxygen atoms in total. The van der Waals surface area contributed by atoms with Crippen LogP contribution >= 0.6 is 0 Å². The number of rotatable bonds is 8. The normalized spacial score (nSPS) is 24.4. The van der Waals surface area contributed by atoms with Gasteiger partial charge in [0.25, 0.3) is 5.91 Å². The molecule has 1 unspecified atom stereocenters. The molecule has 1 saturated carbocycles. The number of hydrogen-bond donors (Lipinski definition) is 1. The van der Waals surface area contributed by atoms with Crippen LogP contribution in [0.1, 0.15) is 114 Å². The first kappa shape index (κ1) is 29.7. The summed E-state index contributed by atoms with van der Waals surface area (Å²) in [6.07, 6.45) is 8.01. The molecule has 0 aromatic heterocycles. The first-order valence-electron chi connectivity index (χ1n) is 14.9. The Kier molecular flexibility index (Phi) is 8.89. The maximum absolute atomic E-state index is 16.0. The molecule has 4 rings (SSSR count). The second-order valence-corrected chi connectivity index (χ2v) is 14.4. The van der Waals surface area contributed by atoms with E-state index in [2.05, 4.69) is 51.8 Å². The van der Waals surface area contributed by atoms with Crippen molar-refractivity contribution in [2.75, 3.05) is 13.1 Å². The van der Waals surface area contributed by atoms with E-state index in [9.17, 15) is 14.4 Å². The molecule has 2 fully saturated rings. The van der Waals surface area contributed by atoms with E-state index >= 15 is 4.39 Å². The van der Waals surface area contributed by atoms with Gasteiger partial charge in [-0.25, -0.2) is 4.39 Å². The van der Waals surface area contributed by atoms with Gasteiger partial charge in [-0.2, -0.15) is 0 Å². The monoisotopic (exact) mass is 541 g/mol. The van der Waals surface area contributed by atoms with Crippen LogP contribution in [-0.2, 0) is 22.6 Å². The highest BCUT2D eigenvalue weighted by Crippen LogP contribution is 2.36. The van der Waals surface area contributed by atoms with E-state index in [0.29, 0.717) is 35.1 Å². The molecular formula is C32H48FN3O3. The standard InChI is InChI=1S/C32H48FN3O3/c1-31(2,3)15-17-35(18-16-32(4,5)6)25-10-8-7-9-21(25)19-22-11-12-23-24(28(22)33)20-36(30(23)39)26-13-14-27(37)34-29(26)38/h11-12,21,25-26H,7-10,13-20H2,1-6H3,(H,34,37,38)/t21-,25+,26?/m1/s1. The fourth-order valence-electron chi connectivity index (χ4n) is 6.40. The van der Waals surface area contributed by atoms with Gasteiger partial charge in [-0.05, 0) is 80.0 Å². The van der Waals surface area contributed by atoms with E-state index in [1.807, 2.05) is 0 Å². The molecule has 1 saturated heterocycles. The molecule has 1 aromatic carbocycles. The zero-order valence-electron chi connectivity index (χ0n) is 24.9. The quantitative estimate of drug-likeness (QED) is 0.419. The Morgan fingerprint density at radius 1 is 0.949 bits per heavy atom. The summed E-state index contributed by atoms with van der Waals surface area (Å²) in [7, 11) is 0. The summed E-state index contributed by atoms with van der Waals surface area (Å²) >= 11 is 0. The summed E-state index contributed by atoms with van der Waals surface area (Å²) in [5.74, 6) is -1.04. The van der Waals surface area contributed by atoms with Gasteiger partial charge in [0, 0.05) is 23.6 Å². The average Bonchev–Trinajstić information content (AvgIpc) is 3.17. The van der Waals surface area contributed by atoms with Gasteiger partial charge in [0.15, 0.2) is 0 Å². The number of imide groups is 1. The smallest absolute Gasteiger partial charge is 0.255 e. The van der Waals surface area contributed by atoms with Gasteiger partial charge in [-0.1, -0.05) is 60.5 Å². The van der Waals surface area contributed by atoms with Gasteiger partial charge in [-0.15, -0.1) is 0 Å². The Labute approximate surface area is 234 Å². The van der Waals surface area contributed by atoms with Crippen molar-refractivity contribution in [3.8, 4) is 0 Å². The molecule has 0 spiro atoms. The van der Waals surface area contributed by atoms with E-state index in [1.165, 1.54) is 17.7 Å². The van der Waals surface area contributed by atoms with Gasteiger partial charge in [0.1, 0.15) is 11.9 Å². The first-order chi connectivity index (χ1) is 18.2. The summed E-state index contributed by atoms with van der Waals surface area (Å²) in [5.41, 5.74) is 1.94. The van der Waals surface area contributed by atoms with Crippen LogP contribution < -0.4 is 5.32 Å². The number of fused-ring (bicyclic) bond motifs is 1. The number of piperidine rings is 1. The SMILES string of the molecule is CC(C)(C)CCN(CCC(C)(C)C)[C@H]1CCCC[C@@H]1Cc1ccc2c(c1F)CN(C1CCC(=O)NC1=O)C2=O.